The summed E-state index contributed by atoms with van der Waals surface area (Å²) in [7, 11) is 0. The SMILES string of the molecule is CC1CC(Oc2cccc(CO)c2)CCN1. The van der Waals surface area contributed by atoms with E-state index in [9.17, 15) is 0 Å². The quantitative estimate of drug-likeness (QED) is 0.816. The van der Waals surface area contributed by atoms with Crippen LogP contribution in [-0.4, -0.2) is 23.8 Å². The van der Waals surface area contributed by atoms with Crippen molar-refractivity contribution in [3.63, 3.8) is 0 Å². The minimum Gasteiger partial charge on any atom is -0.490 e. The van der Waals surface area contributed by atoms with E-state index in [1.54, 1.807) is 0 Å². The smallest absolute Gasteiger partial charge is 0.120 e. The maximum Gasteiger partial charge on any atom is 0.120 e. The first kappa shape index (κ1) is 11.4. The molecule has 0 radical (unpaired) electrons. The Hall–Kier alpha value is -1.06. The maximum atomic E-state index is 9.04. The van der Waals surface area contributed by atoms with Gasteiger partial charge in [0.1, 0.15) is 11.9 Å². The molecular weight excluding hydrogens is 202 g/mol. The molecule has 88 valence electrons. The van der Waals surface area contributed by atoms with Crippen molar-refractivity contribution >= 4 is 0 Å². The van der Waals surface area contributed by atoms with Crippen molar-refractivity contribution in [1.82, 2.24) is 5.32 Å². The van der Waals surface area contributed by atoms with Gasteiger partial charge >= 0.3 is 0 Å². The predicted octanol–water partition coefficient (Wildman–Crippen LogP) is 1.70. The van der Waals surface area contributed by atoms with E-state index in [4.69, 9.17) is 9.84 Å². The fourth-order valence-corrected chi connectivity index (χ4v) is 2.10. The highest BCUT2D eigenvalue weighted by Gasteiger charge is 2.19. The van der Waals surface area contributed by atoms with E-state index in [-0.39, 0.29) is 6.61 Å². The lowest BCUT2D eigenvalue weighted by Crippen LogP contribution is -2.40. The van der Waals surface area contributed by atoms with Gasteiger partial charge in [0, 0.05) is 6.04 Å². The van der Waals surface area contributed by atoms with E-state index in [0.29, 0.717) is 12.1 Å². The van der Waals surface area contributed by atoms with Gasteiger partial charge in [-0.15, -0.1) is 0 Å². The second-order valence-corrected chi connectivity index (χ2v) is 4.42. The average Bonchev–Trinajstić information content (AvgIpc) is 2.29. The first-order chi connectivity index (χ1) is 7.78. The standard InChI is InChI=1S/C13H19NO2/c1-10-7-13(5-6-14-10)16-12-4-2-3-11(8-12)9-15/h2-4,8,10,13-15H,5-7,9H2,1H3. The highest BCUT2D eigenvalue weighted by Crippen LogP contribution is 2.19. The molecule has 1 aromatic rings. The lowest BCUT2D eigenvalue weighted by atomic mass is 10.0. The van der Waals surface area contributed by atoms with Gasteiger partial charge in [-0.3, -0.25) is 0 Å². The molecule has 3 nitrogen and oxygen atoms in total. The second kappa shape index (κ2) is 5.32. The number of ether oxygens (including phenoxy) is 1. The number of hydrogen-bond acceptors (Lipinski definition) is 3. The molecule has 0 spiro atoms. The molecule has 16 heavy (non-hydrogen) atoms. The van der Waals surface area contributed by atoms with Crippen LogP contribution in [0.5, 0.6) is 5.75 Å². The minimum atomic E-state index is 0.0693. The number of nitrogens with one attached hydrogen (secondary N) is 1. The topological polar surface area (TPSA) is 41.5 Å². The molecule has 1 aliphatic rings. The van der Waals surface area contributed by atoms with Gasteiger partial charge in [0.2, 0.25) is 0 Å². The molecule has 0 amide bonds. The lowest BCUT2D eigenvalue weighted by Gasteiger charge is -2.28. The minimum absolute atomic E-state index is 0.0693. The molecule has 0 aromatic heterocycles. The number of benzene rings is 1. The summed E-state index contributed by atoms with van der Waals surface area (Å²) in [5.74, 6) is 0.866. The second-order valence-electron chi connectivity index (χ2n) is 4.42. The fraction of sp³-hybridized carbons (Fsp3) is 0.538. The Morgan fingerprint density at radius 1 is 1.50 bits per heavy atom. The third kappa shape index (κ3) is 2.97. The Labute approximate surface area is 96.4 Å². The summed E-state index contributed by atoms with van der Waals surface area (Å²) in [6.45, 7) is 3.27. The highest BCUT2D eigenvalue weighted by atomic mass is 16.5. The molecule has 2 unspecified atom stereocenters. The van der Waals surface area contributed by atoms with Gasteiger partial charge in [-0.25, -0.2) is 0 Å². The van der Waals surface area contributed by atoms with Gasteiger partial charge in [0.05, 0.1) is 6.61 Å². The number of aliphatic hydroxyl groups is 1. The summed E-state index contributed by atoms with van der Waals surface area (Å²) < 4.78 is 5.92. The molecule has 2 N–H and O–H groups in total. The van der Waals surface area contributed by atoms with Crippen LogP contribution in [0.1, 0.15) is 25.3 Å². The van der Waals surface area contributed by atoms with Gasteiger partial charge in [0.25, 0.3) is 0 Å². The van der Waals surface area contributed by atoms with Crippen LogP contribution in [0.4, 0.5) is 0 Å². The summed E-state index contributed by atoms with van der Waals surface area (Å²) in [5, 5.41) is 12.4. The number of hydrogen-bond donors (Lipinski definition) is 2. The van der Waals surface area contributed by atoms with Crippen LogP contribution in [0.3, 0.4) is 0 Å². The third-order valence-electron chi connectivity index (χ3n) is 2.96. The van der Waals surface area contributed by atoms with E-state index in [2.05, 4.69) is 12.2 Å². The van der Waals surface area contributed by atoms with E-state index < -0.39 is 0 Å². The van der Waals surface area contributed by atoms with Crippen LogP contribution in [0.25, 0.3) is 0 Å². The molecular formula is C13H19NO2. The largest absolute Gasteiger partial charge is 0.490 e. The average molecular weight is 221 g/mol. The molecule has 1 aliphatic heterocycles. The Morgan fingerprint density at radius 3 is 3.12 bits per heavy atom. The van der Waals surface area contributed by atoms with Crippen LogP contribution in [0.15, 0.2) is 24.3 Å². The van der Waals surface area contributed by atoms with E-state index in [0.717, 1.165) is 30.7 Å². The van der Waals surface area contributed by atoms with Gasteiger partial charge < -0.3 is 15.2 Å². The van der Waals surface area contributed by atoms with Crippen molar-refractivity contribution in [2.75, 3.05) is 6.54 Å². The summed E-state index contributed by atoms with van der Waals surface area (Å²) in [5.41, 5.74) is 0.902. The zero-order valence-electron chi connectivity index (χ0n) is 9.65. The molecule has 1 fully saturated rings. The Bertz CT molecular complexity index is 340. The first-order valence-corrected chi connectivity index (χ1v) is 5.88. The van der Waals surface area contributed by atoms with Crippen LogP contribution < -0.4 is 10.1 Å². The maximum absolute atomic E-state index is 9.04. The highest BCUT2D eigenvalue weighted by molar-refractivity contribution is 5.28. The van der Waals surface area contributed by atoms with Gasteiger partial charge in [-0.2, -0.15) is 0 Å². The molecule has 3 heteroatoms. The molecule has 1 saturated heterocycles. The van der Waals surface area contributed by atoms with Crippen molar-refractivity contribution in [2.45, 2.75) is 38.5 Å². The van der Waals surface area contributed by atoms with E-state index in [1.807, 2.05) is 24.3 Å². The van der Waals surface area contributed by atoms with Crippen molar-refractivity contribution in [3.05, 3.63) is 29.8 Å². The molecule has 2 rings (SSSR count). The van der Waals surface area contributed by atoms with E-state index in [1.165, 1.54) is 0 Å². The van der Waals surface area contributed by atoms with Gasteiger partial charge in [0.15, 0.2) is 0 Å². The molecule has 0 saturated carbocycles. The molecule has 0 bridgehead atoms. The summed E-state index contributed by atoms with van der Waals surface area (Å²) in [6.07, 6.45) is 2.39. The zero-order chi connectivity index (χ0) is 11.4. The molecule has 2 atom stereocenters. The first-order valence-electron chi connectivity index (χ1n) is 5.88. The van der Waals surface area contributed by atoms with E-state index >= 15 is 0 Å². The van der Waals surface area contributed by atoms with Gasteiger partial charge in [-0.05, 0) is 44.0 Å². The summed E-state index contributed by atoms with van der Waals surface area (Å²) >= 11 is 0. The van der Waals surface area contributed by atoms with Crippen LogP contribution in [0, 0.1) is 0 Å². The number of rotatable bonds is 3. The lowest BCUT2D eigenvalue weighted by molar-refractivity contribution is 0.143. The Morgan fingerprint density at radius 2 is 2.38 bits per heavy atom. The predicted molar refractivity (Wildman–Crippen MR) is 63.5 cm³/mol. The third-order valence-corrected chi connectivity index (χ3v) is 2.96. The van der Waals surface area contributed by atoms with Crippen LogP contribution in [-0.2, 0) is 6.61 Å². The molecule has 0 aliphatic carbocycles. The monoisotopic (exact) mass is 221 g/mol. The molecule has 1 aromatic carbocycles. The van der Waals surface area contributed by atoms with Gasteiger partial charge in [-0.1, -0.05) is 12.1 Å². The normalized spacial score (nSPS) is 25.4. The van der Waals surface area contributed by atoms with Crippen molar-refractivity contribution < 1.29 is 9.84 Å². The van der Waals surface area contributed by atoms with Crippen molar-refractivity contribution in [3.8, 4) is 5.75 Å². The molecule has 1 heterocycles. The summed E-state index contributed by atoms with van der Waals surface area (Å²) in [6, 6.07) is 8.21. The van der Waals surface area contributed by atoms with Crippen LogP contribution in [0.2, 0.25) is 0 Å². The van der Waals surface area contributed by atoms with Crippen LogP contribution >= 0.6 is 0 Å². The van der Waals surface area contributed by atoms with Crippen molar-refractivity contribution in [1.29, 1.82) is 0 Å². The van der Waals surface area contributed by atoms with Crippen molar-refractivity contribution in [2.24, 2.45) is 0 Å². The fourth-order valence-electron chi connectivity index (χ4n) is 2.10. The zero-order valence-corrected chi connectivity index (χ0v) is 9.65. The summed E-state index contributed by atoms with van der Waals surface area (Å²) in [4.78, 5) is 0. The number of piperidine rings is 1. The number of aliphatic hydroxyl groups excluding tert-OH is 1. The Balaban J connectivity index is 1.97. The Kier molecular flexibility index (Phi) is 3.80.